The molecule has 8 nitrogen and oxygen atoms in total. The van der Waals surface area contributed by atoms with Crippen LogP contribution in [0.15, 0.2) is 24.3 Å². The SMILES string of the molecule is O=[N+]([O-])c1ccc(CNS(=O)(=O)CCN2CCOCC2)cc1. The summed E-state index contributed by atoms with van der Waals surface area (Å²) in [6.07, 6.45) is 0. The Morgan fingerprint density at radius 1 is 1.23 bits per heavy atom. The summed E-state index contributed by atoms with van der Waals surface area (Å²) >= 11 is 0. The maximum Gasteiger partial charge on any atom is 0.269 e. The number of nitrogens with zero attached hydrogens (tertiary/aromatic N) is 2. The molecular formula is C13H19N3O5S. The van der Waals surface area contributed by atoms with E-state index in [4.69, 9.17) is 4.74 Å². The number of non-ortho nitro benzene ring substituents is 1. The quantitative estimate of drug-likeness (QED) is 0.572. The van der Waals surface area contributed by atoms with E-state index >= 15 is 0 Å². The Morgan fingerprint density at radius 3 is 2.45 bits per heavy atom. The van der Waals surface area contributed by atoms with Crippen molar-refractivity contribution in [1.29, 1.82) is 0 Å². The van der Waals surface area contributed by atoms with Gasteiger partial charge < -0.3 is 4.74 Å². The van der Waals surface area contributed by atoms with Gasteiger partial charge in [0.2, 0.25) is 10.0 Å². The Hall–Kier alpha value is -1.55. The zero-order valence-electron chi connectivity index (χ0n) is 12.1. The highest BCUT2D eigenvalue weighted by molar-refractivity contribution is 7.89. The van der Waals surface area contributed by atoms with Crippen LogP contribution in [-0.2, 0) is 21.3 Å². The van der Waals surface area contributed by atoms with E-state index in [0.717, 1.165) is 13.1 Å². The number of benzene rings is 1. The van der Waals surface area contributed by atoms with Gasteiger partial charge in [-0.25, -0.2) is 13.1 Å². The molecule has 122 valence electrons. The monoisotopic (exact) mass is 329 g/mol. The molecule has 0 aromatic heterocycles. The molecule has 0 spiro atoms. The Morgan fingerprint density at radius 2 is 1.86 bits per heavy atom. The molecule has 1 aliphatic heterocycles. The van der Waals surface area contributed by atoms with Crippen LogP contribution in [0.25, 0.3) is 0 Å². The van der Waals surface area contributed by atoms with E-state index in [-0.39, 0.29) is 18.0 Å². The van der Waals surface area contributed by atoms with Gasteiger partial charge in [0.15, 0.2) is 0 Å². The van der Waals surface area contributed by atoms with E-state index in [0.29, 0.717) is 25.3 Å². The van der Waals surface area contributed by atoms with Gasteiger partial charge in [-0.2, -0.15) is 0 Å². The van der Waals surface area contributed by atoms with Crippen LogP contribution in [0.2, 0.25) is 0 Å². The van der Waals surface area contributed by atoms with Crippen molar-refractivity contribution in [2.75, 3.05) is 38.6 Å². The largest absolute Gasteiger partial charge is 0.379 e. The van der Waals surface area contributed by atoms with Gasteiger partial charge in [-0.3, -0.25) is 15.0 Å². The van der Waals surface area contributed by atoms with E-state index < -0.39 is 14.9 Å². The molecule has 0 aliphatic carbocycles. The van der Waals surface area contributed by atoms with Gasteiger partial charge in [0, 0.05) is 38.3 Å². The van der Waals surface area contributed by atoms with Gasteiger partial charge in [0.1, 0.15) is 0 Å². The van der Waals surface area contributed by atoms with E-state index in [1.807, 2.05) is 0 Å². The molecule has 1 aliphatic rings. The van der Waals surface area contributed by atoms with Crippen molar-refractivity contribution in [2.45, 2.75) is 6.54 Å². The summed E-state index contributed by atoms with van der Waals surface area (Å²) in [6.45, 7) is 3.37. The van der Waals surface area contributed by atoms with E-state index in [1.54, 1.807) is 12.1 Å². The molecule has 0 saturated carbocycles. The maximum absolute atomic E-state index is 11.9. The number of ether oxygens (including phenoxy) is 1. The van der Waals surface area contributed by atoms with Gasteiger partial charge in [-0.1, -0.05) is 12.1 Å². The smallest absolute Gasteiger partial charge is 0.269 e. The summed E-state index contributed by atoms with van der Waals surface area (Å²) in [6, 6.07) is 5.81. The molecule has 0 amide bonds. The summed E-state index contributed by atoms with van der Waals surface area (Å²) in [5.74, 6) is 0.0278. The molecule has 0 unspecified atom stereocenters. The van der Waals surface area contributed by atoms with Crippen LogP contribution in [0, 0.1) is 10.1 Å². The fourth-order valence-corrected chi connectivity index (χ4v) is 3.10. The number of morpholine rings is 1. The van der Waals surface area contributed by atoms with Crippen molar-refractivity contribution in [3.05, 3.63) is 39.9 Å². The first kappa shape index (κ1) is 16.8. The van der Waals surface area contributed by atoms with Crippen molar-refractivity contribution in [3.63, 3.8) is 0 Å². The Bertz CT molecular complexity index is 597. The minimum atomic E-state index is -3.37. The lowest BCUT2D eigenvalue weighted by atomic mass is 10.2. The molecule has 1 aromatic rings. The van der Waals surface area contributed by atoms with Crippen LogP contribution in [-0.4, -0.2) is 56.8 Å². The molecule has 9 heteroatoms. The fraction of sp³-hybridized carbons (Fsp3) is 0.538. The standard InChI is InChI=1S/C13H19N3O5S/c17-16(18)13-3-1-12(2-4-13)11-14-22(19,20)10-7-15-5-8-21-9-6-15/h1-4,14H,5-11H2. The van der Waals surface area contributed by atoms with E-state index in [2.05, 4.69) is 9.62 Å². The minimum Gasteiger partial charge on any atom is -0.379 e. The number of nitro groups is 1. The summed E-state index contributed by atoms with van der Waals surface area (Å²) in [5, 5.41) is 10.5. The highest BCUT2D eigenvalue weighted by Gasteiger charge is 2.15. The summed E-state index contributed by atoms with van der Waals surface area (Å²) in [7, 11) is -3.37. The number of sulfonamides is 1. The van der Waals surface area contributed by atoms with E-state index in [9.17, 15) is 18.5 Å². The first-order valence-corrected chi connectivity index (χ1v) is 8.62. The van der Waals surface area contributed by atoms with Gasteiger partial charge in [0.25, 0.3) is 5.69 Å². The molecule has 1 N–H and O–H groups in total. The lowest BCUT2D eigenvalue weighted by Crippen LogP contribution is -2.40. The molecule has 2 rings (SSSR count). The number of hydrogen-bond acceptors (Lipinski definition) is 6. The Labute approximate surface area is 129 Å². The zero-order valence-corrected chi connectivity index (χ0v) is 12.9. The normalized spacial score (nSPS) is 16.5. The topological polar surface area (TPSA) is 102 Å². The Balaban J connectivity index is 1.79. The van der Waals surface area contributed by atoms with Crippen LogP contribution >= 0.6 is 0 Å². The molecule has 0 radical (unpaired) electrons. The molecule has 1 saturated heterocycles. The van der Waals surface area contributed by atoms with Gasteiger partial charge in [0.05, 0.1) is 23.9 Å². The highest BCUT2D eigenvalue weighted by atomic mass is 32.2. The third-order valence-corrected chi connectivity index (χ3v) is 4.73. The van der Waals surface area contributed by atoms with Crippen molar-refractivity contribution < 1.29 is 18.1 Å². The number of hydrogen-bond donors (Lipinski definition) is 1. The third kappa shape index (κ3) is 5.34. The second kappa shape index (κ2) is 7.63. The molecule has 22 heavy (non-hydrogen) atoms. The van der Waals surface area contributed by atoms with Crippen LogP contribution in [0.4, 0.5) is 5.69 Å². The molecule has 1 fully saturated rings. The summed E-state index contributed by atoms with van der Waals surface area (Å²) in [5.41, 5.74) is 0.666. The average molecular weight is 329 g/mol. The number of nitro benzene ring substituents is 1. The number of nitrogens with one attached hydrogen (secondary N) is 1. The fourth-order valence-electron chi connectivity index (χ4n) is 2.08. The summed E-state index contributed by atoms with van der Waals surface area (Å²) < 4.78 is 31.6. The zero-order chi connectivity index (χ0) is 16.0. The predicted molar refractivity (Wildman–Crippen MR) is 81.0 cm³/mol. The average Bonchev–Trinajstić information content (AvgIpc) is 2.53. The second-order valence-electron chi connectivity index (χ2n) is 5.02. The van der Waals surface area contributed by atoms with Crippen molar-refractivity contribution in [2.24, 2.45) is 0 Å². The minimum absolute atomic E-state index is 0.0149. The first-order chi connectivity index (χ1) is 10.5. The van der Waals surface area contributed by atoms with Crippen LogP contribution in [0.3, 0.4) is 0 Å². The molecule has 0 atom stereocenters. The molecular weight excluding hydrogens is 310 g/mol. The maximum atomic E-state index is 11.9. The second-order valence-corrected chi connectivity index (χ2v) is 6.94. The van der Waals surface area contributed by atoms with Crippen LogP contribution in [0.5, 0.6) is 0 Å². The highest BCUT2D eigenvalue weighted by Crippen LogP contribution is 2.11. The predicted octanol–water partition coefficient (Wildman–Crippen LogP) is 0.346. The third-order valence-electron chi connectivity index (χ3n) is 3.42. The first-order valence-electron chi connectivity index (χ1n) is 6.97. The molecule has 1 aromatic carbocycles. The van der Waals surface area contributed by atoms with Gasteiger partial charge in [-0.15, -0.1) is 0 Å². The van der Waals surface area contributed by atoms with Crippen LogP contribution in [0.1, 0.15) is 5.56 Å². The van der Waals surface area contributed by atoms with Gasteiger partial charge >= 0.3 is 0 Å². The lowest BCUT2D eigenvalue weighted by Gasteiger charge is -2.26. The Kier molecular flexibility index (Phi) is 5.83. The van der Waals surface area contributed by atoms with Gasteiger partial charge in [-0.05, 0) is 5.56 Å². The summed E-state index contributed by atoms with van der Waals surface area (Å²) in [4.78, 5) is 12.1. The number of rotatable bonds is 7. The van der Waals surface area contributed by atoms with E-state index in [1.165, 1.54) is 12.1 Å². The lowest BCUT2D eigenvalue weighted by molar-refractivity contribution is -0.384. The van der Waals surface area contributed by atoms with Crippen molar-refractivity contribution in [3.8, 4) is 0 Å². The molecule has 1 heterocycles. The van der Waals surface area contributed by atoms with Crippen molar-refractivity contribution in [1.82, 2.24) is 9.62 Å². The molecule has 0 bridgehead atoms. The van der Waals surface area contributed by atoms with Crippen LogP contribution < -0.4 is 4.72 Å². The van der Waals surface area contributed by atoms with Crippen molar-refractivity contribution >= 4 is 15.7 Å².